The number of nitrogens with one attached hydrogen (secondary N) is 2. The Morgan fingerprint density at radius 2 is 1.83 bits per heavy atom. The van der Waals surface area contributed by atoms with Gasteiger partial charge in [-0.05, 0) is 45.6 Å². The number of H-pyrrole nitrogens is 1. The lowest BCUT2D eigenvalue weighted by Gasteiger charge is -2.17. The lowest BCUT2D eigenvalue weighted by molar-refractivity contribution is 0.441. The van der Waals surface area contributed by atoms with Gasteiger partial charge in [-0.15, -0.1) is 5.10 Å². The fourth-order valence-electron chi connectivity index (χ4n) is 3.56. The number of fused-ring (bicyclic) bond motifs is 1. The molecule has 156 valence electrons. The van der Waals surface area contributed by atoms with Crippen LogP contribution in [0.3, 0.4) is 0 Å². The van der Waals surface area contributed by atoms with Crippen molar-refractivity contribution in [1.29, 1.82) is 0 Å². The molecule has 4 heterocycles. The van der Waals surface area contributed by atoms with Gasteiger partial charge in [-0.3, -0.25) is 5.10 Å². The number of hydrogen-bond acceptors (Lipinski definition) is 7. The monoisotopic (exact) mass is 405 g/mol. The summed E-state index contributed by atoms with van der Waals surface area (Å²) < 4.78 is 2.30. The van der Waals surface area contributed by atoms with Crippen molar-refractivity contribution in [3.63, 3.8) is 0 Å². The molecular formula is C21H27N9. The highest BCUT2D eigenvalue weighted by Gasteiger charge is 2.15. The first-order valence-corrected chi connectivity index (χ1v) is 10.2. The molecule has 2 N–H and O–H groups in total. The molecular weight excluding hydrogens is 378 g/mol. The van der Waals surface area contributed by atoms with Crippen LogP contribution in [0.15, 0.2) is 24.5 Å². The molecule has 0 fully saturated rings. The van der Waals surface area contributed by atoms with Gasteiger partial charge >= 0.3 is 0 Å². The molecule has 4 aromatic rings. The van der Waals surface area contributed by atoms with Gasteiger partial charge in [0.05, 0.1) is 11.7 Å². The highest BCUT2D eigenvalue weighted by molar-refractivity contribution is 5.79. The molecule has 0 radical (unpaired) electrons. The third-order valence-electron chi connectivity index (χ3n) is 5.06. The minimum atomic E-state index is 0.368. The molecule has 1 unspecified atom stereocenters. The molecule has 0 spiro atoms. The van der Waals surface area contributed by atoms with Gasteiger partial charge in [-0.25, -0.2) is 24.9 Å². The fourth-order valence-corrected chi connectivity index (χ4v) is 3.56. The second-order valence-corrected chi connectivity index (χ2v) is 8.04. The maximum absolute atomic E-state index is 4.69. The van der Waals surface area contributed by atoms with E-state index in [-0.39, 0.29) is 0 Å². The summed E-state index contributed by atoms with van der Waals surface area (Å²) in [6.07, 6.45) is 5.77. The molecule has 30 heavy (non-hydrogen) atoms. The normalized spacial score (nSPS) is 12.6. The zero-order valence-electron chi connectivity index (χ0n) is 18.0. The van der Waals surface area contributed by atoms with E-state index in [0.717, 1.165) is 23.3 Å². The van der Waals surface area contributed by atoms with E-state index in [2.05, 4.69) is 67.7 Å². The summed E-state index contributed by atoms with van der Waals surface area (Å²) in [7, 11) is 0. The van der Waals surface area contributed by atoms with Crippen LogP contribution < -0.4 is 5.32 Å². The van der Waals surface area contributed by atoms with Crippen molar-refractivity contribution in [2.24, 2.45) is 5.92 Å². The molecule has 9 heteroatoms. The molecule has 0 saturated heterocycles. The van der Waals surface area contributed by atoms with Crippen LogP contribution in [0.1, 0.15) is 51.3 Å². The van der Waals surface area contributed by atoms with Crippen LogP contribution >= 0.6 is 0 Å². The highest BCUT2D eigenvalue weighted by Crippen LogP contribution is 2.27. The van der Waals surface area contributed by atoms with Crippen molar-refractivity contribution in [2.75, 3.05) is 5.32 Å². The summed E-state index contributed by atoms with van der Waals surface area (Å²) >= 11 is 0. The first kappa shape index (κ1) is 19.9. The minimum absolute atomic E-state index is 0.368. The molecule has 4 rings (SSSR count). The summed E-state index contributed by atoms with van der Waals surface area (Å²) in [6.45, 7) is 10.7. The summed E-state index contributed by atoms with van der Waals surface area (Å²) in [5.74, 6) is 4.65. The quantitative estimate of drug-likeness (QED) is 0.470. The highest BCUT2D eigenvalue weighted by atomic mass is 15.2. The molecule has 0 amide bonds. The van der Waals surface area contributed by atoms with Crippen LogP contribution in [0.2, 0.25) is 0 Å². The number of pyridine rings is 1. The van der Waals surface area contributed by atoms with Gasteiger partial charge in [-0.2, -0.15) is 0 Å². The average molecular weight is 406 g/mol. The zero-order chi connectivity index (χ0) is 21.3. The number of anilines is 2. The van der Waals surface area contributed by atoms with E-state index in [4.69, 9.17) is 4.98 Å². The van der Waals surface area contributed by atoms with Gasteiger partial charge in [0.15, 0.2) is 0 Å². The molecule has 0 aromatic carbocycles. The largest absolute Gasteiger partial charge is 0.325 e. The Morgan fingerprint density at radius 1 is 1.00 bits per heavy atom. The molecule has 0 saturated carbocycles. The van der Waals surface area contributed by atoms with Crippen LogP contribution in [0, 0.1) is 19.8 Å². The average Bonchev–Trinajstić information content (AvgIpc) is 3.28. The van der Waals surface area contributed by atoms with Gasteiger partial charge in [0.2, 0.25) is 11.6 Å². The summed E-state index contributed by atoms with van der Waals surface area (Å²) in [5.41, 5.74) is 1.97. The smallest absolute Gasteiger partial charge is 0.219 e. The summed E-state index contributed by atoms with van der Waals surface area (Å²) in [5, 5.41) is 10.2. The topological polar surface area (TPSA) is 110 Å². The molecule has 0 aliphatic rings. The standard InChI is InChI=1S/C21H27N9/c1-12(2)6-7-13(3)30-15(5)25-16-11-23-19(10-17(16)30)26-18-8-9-22-20(27-18)21-24-14(4)28-29-21/h8-13H,6-7H2,1-5H3,(H,24,28,29)(H,22,23,26,27). The van der Waals surface area contributed by atoms with Crippen molar-refractivity contribution >= 4 is 22.7 Å². The van der Waals surface area contributed by atoms with Crippen molar-refractivity contribution in [2.45, 2.75) is 53.5 Å². The van der Waals surface area contributed by atoms with Crippen LogP contribution in [0.4, 0.5) is 11.6 Å². The Labute approximate surface area is 175 Å². The van der Waals surface area contributed by atoms with E-state index in [1.807, 2.05) is 13.0 Å². The van der Waals surface area contributed by atoms with Crippen LogP contribution in [0.25, 0.3) is 22.7 Å². The third kappa shape index (κ3) is 4.14. The Morgan fingerprint density at radius 3 is 2.57 bits per heavy atom. The number of aryl methyl sites for hydroxylation is 2. The van der Waals surface area contributed by atoms with Crippen LogP contribution in [0.5, 0.6) is 0 Å². The number of nitrogens with zero attached hydrogens (tertiary/aromatic N) is 7. The van der Waals surface area contributed by atoms with E-state index in [1.165, 1.54) is 6.42 Å². The van der Waals surface area contributed by atoms with Crippen molar-refractivity contribution in [1.82, 2.24) is 39.7 Å². The molecule has 0 aliphatic heterocycles. The Kier molecular flexibility index (Phi) is 5.43. The minimum Gasteiger partial charge on any atom is -0.325 e. The van der Waals surface area contributed by atoms with Gasteiger partial charge in [0.25, 0.3) is 0 Å². The van der Waals surface area contributed by atoms with E-state index < -0.39 is 0 Å². The van der Waals surface area contributed by atoms with Gasteiger partial charge < -0.3 is 9.88 Å². The van der Waals surface area contributed by atoms with Crippen molar-refractivity contribution < 1.29 is 0 Å². The molecule has 1 atom stereocenters. The number of aromatic amines is 1. The first-order chi connectivity index (χ1) is 14.4. The second-order valence-electron chi connectivity index (χ2n) is 8.04. The molecule has 0 bridgehead atoms. The van der Waals surface area contributed by atoms with E-state index in [9.17, 15) is 0 Å². The van der Waals surface area contributed by atoms with E-state index in [1.54, 1.807) is 18.5 Å². The van der Waals surface area contributed by atoms with Gasteiger partial charge in [0.1, 0.15) is 28.8 Å². The molecule has 0 aliphatic carbocycles. The predicted molar refractivity (Wildman–Crippen MR) is 116 cm³/mol. The van der Waals surface area contributed by atoms with E-state index in [0.29, 0.717) is 41.1 Å². The third-order valence-corrected chi connectivity index (χ3v) is 5.06. The predicted octanol–water partition coefficient (Wildman–Crippen LogP) is 4.36. The lowest BCUT2D eigenvalue weighted by atomic mass is 10.0. The van der Waals surface area contributed by atoms with Gasteiger partial charge in [-0.1, -0.05) is 13.8 Å². The number of aromatic nitrogens is 8. The Bertz CT molecular complexity index is 1160. The maximum Gasteiger partial charge on any atom is 0.219 e. The summed E-state index contributed by atoms with van der Waals surface area (Å²) in [4.78, 5) is 22.3. The first-order valence-electron chi connectivity index (χ1n) is 10.2. The van der Waals surface area contributed by atoms with Crippen molar-refractivity contribution in [3.05, 3.63) is 36.2 Å². The van der Waals surface area contributed by atoms with Crippen LogP contribution in [-0.4, -0.2) is 39.7 Å². The maximum atomic E-state index is 4.69. The number of imidazole rings is 1. The zero-order valence-corrected chi connectivity index (χ0v) is 18.0. The Hall–Kier alpha value is -3.36. The van der Waals surface area contributed by atoms with Crippen LogP contribution in [-0.2, 0) is 0 Å². The number of rotatable bonds is 7. The van der Waals surface area contributed by atoms with E-state index >= 15 is 0 Å². The molecule has 4 aromatic heterocycles. The second kappa shape index (κ2) is 8.17. The SMILES string of the molecule is Cc1nc(-c2nccc(Nc3cc4c(cn3)nc(C)n4C(C)CCC(C)C)n2)n[nH]1. The number of hydrogen-bond donors (Lipinski definition) is 2. The summed E-state index contributed by atoms with van der Waals surface area (Å²) in [6, 6.07) is 4.19. The fraction of sp³-hybridized carbons (Fsp3) is 0.429. The van der Waals surface area contributed by atoms with Crippen molar-refractivity contribution in [3.8, 4) is 11.6 Å². The Balaban J connectivity index is 1.62. The lowest BCUT2D eigenvalue weighted by Crippen LogP contribution is -2.08. The van der Waals surface area contributed by atoms with Gasteiger partial charge in [0, 0.05) is 18.3 Å². The molecule has 9 nitrogen and oxygen atoms in total.